The standard InChI is InChI=1S/C19H36O11/c1-18(20)30-17-16-29-15-14-28-13-12-27-11-10-26-9-8-25-7-6-24-5-4-23-3-2-19(21)22/h2-17H2,1H3,(H,21,22). The van der Waals surface area contributed by atoms with Gasteiger partial charge in [0.25, 0.3) is 0 Å². The van der Waals surface area contributed by atoms with Gasteiger partial charge >= 0.3 is 11.9 Å². The highest BCUT2D eigenvalue weighted by Crippen LogP contribution is 1.86. The van der Waals surface area contributed by atoms with Gasteiger partial charge in [-0.3, -0.25) is 9.59 Å². The molecule has 0 aromatic rings. The molecular formula is C19H36O11. The molecule has 11 nitrogen and oxygen atoms in total. The highest BCUT2D eigenvalue weighted by Gasteiger charge is 1.97. The molecule has 1 N–H and O–H groups in total. The lowest BCUT2D eigenvalue weighted by molar-refractivity contribution is -0.142. The molecule has 0 radical (unpaired) electrons. The fourth-order valence-electron chi connectivity index (χ4n) is 1.83. The molecular weight excluding hydrogens is 404 g/mol. The third-order valence-corrected chi connectivity index (χ3v) is 3.23. The Kier molecular flexibility index (Phi) is 22.9. The van der Waals surface area contributed by atoms with Crippen molar-refractivity contribution in [1.82, 2.24) is 0 Å². The predicted molar refractivity (Wildman–Crippen MR) is 105 cm³/mol. The van der Waals surface area contributed by atoms with Crippen LogP contribution in [0, 0.1) is 0 Å². The molecule has 0 spiro atoms. The van der Waals surface area contributed by atoms with E-state index in [0.717, 1.165) is 0 Å². The second kappa shape index (κ2) is 23.9. The Morgan fingerprint density at radius 1 is 0.500 bits per heavy atom. The predicted octanol–water partition coefficient (Wildman–Crippen LogP) is 0.140. The van der Waals surface area contributed by atoms with Gasteiger partial charge < -0.3 is 43.0 Å². The quantitative estimate of drug-likeness (QED) is 0.163. The van der Waals surface area contributed by atoms with Crippen molar-refractivity contribution in [1.29, 1.82) is 0 Å². The van der Waals surface area contributed by atoms with E-state index < -0.39 is 5.97 Å². The van der Waals surface area contributed by atoms with Crippen molar-refractivity contribution in [2.24, 2.45) is 0 Å². The lowest BCUT2D eigenvalue weighted by atomic mass is 10.5. The smallest absolute Gasteiger partial charge is 0.305 e. The lowest BCUT2D eigenvalue weighted by Gasteiger charge is -2.08. The Bertz CT molecular complexity index is 357. The van der Waals surface area contributed by atoms with Crippen molar-refractivity contribution in [3.63, 3.8) is 0 Å². The van der Waals surface area contributed by atoms with E-state index in [1.54, 1.807) is 0 Å². The maximum atomic E-state index is 10.5. The summed E-state index contributed by atoms with van der Waals surface area (Å²) in [5, 5.41) is 8.43. The molecule has 0 rings (SSSR count). The molecule has 178 valence electrons. The van der Waals surface area contributed by atoms with Gasteiger partial charge in [-0.15, -0.1) is 0 Å². The van der Waals surface area contributed by atoms with Crippen LogP contribution in [0.25, 0.3) is 0 Å². The average Bonchev–Trinajstić information content (AvgIpc) is 2.70. The second-order valence-corrected chi connectivity index (χ2v) is 5.77. The number of carbonyl (C=O) groups excluding carboxylic acids is 1. The Balaban J connectivity index is 3.02. The third kappa shape index (κ3) is 26.7. The molecule has 0 atom stereocenters. The Morgan fingerprint density at radius 2 is 0.767 bits per heavy atom. The van der Waals surface area contributed by atoms with Crippen LogP contribution >= 0.6 is 0 Å². The molecule has 0 aliphatic heterocycles. The molecule has 0 aromatic heterocycles. The van der Waals surface area contributed by atoms with Crippen LogP contribution in [-0.2, 0) is 47.5 Å². The van der Waals surface area contributed by atoms with Gasteiger partial charge in [0.1, 0.15) is 6.61 Å². The van der Waals surface area contributed by atoms with E-state index in [9.17, 15) is 9.59 Å². The summed E-state index contributed by atoms with van der Waals surface area (Å²) >= 11 is 0. The highest BCUT2D eigenvalue weighted by atomic mass is 16.6. The molecule has 0 amide bonds. The monoisotopic (exact) mass is 440 g/mol. The number of carboxylic acids is 1. The number of esters is 1. The number of carbonyl (C=O) groups is 2. The molecule has 0 unspecified atom stereocenters. The molecule has 30 heavy (non-hydrogen) atoms. The van der Waals surface area contributed by atoms with E-state index in [2.05, 4.69) is 0 Å². The van der Waals surface area contributed by atoms with E-state index in [4.69, 9.17) is 43.0 Å². The molecule has 0 saturated carbocycles. The summed E-state index contributed by atoms with van der Waals surface area (Å²) in [4.78, 5) is 20.8. The van der Waals surface area contributed by atoms with E-state index >= 15 is 0 Å². The normalized spacial score (nSPS) is 11.0. The first kappa shape index (κ1) is 28.7. The molecule has 0 aliphatic carbocycles. The van der Waals surface area contributed by atoms with E-state index in [-0.39, 0.29) is 25.6 Å². The van der Waals surface area contributed by atoms with Gasteiger partial charge in [0.15, 0.2) is 0 Å². The van der Waals surface area contributed by atoms with Crippen molar-refractivity contribution in [2.45, 2.75) is 13.3 Å². The summed E-state index contributed by atoms with van der Waals surface area (Å²) in [6, 6.07) is 0. The number of hydrogen-bond acceptors (Lipinski definition) is 10. The highest BCUT2D eigenvalue weighted by molar-refractivity contribution is 5.66. The summed E-state index contributed by atoms with van der Waals surface area (Å²) in [5.74, 6) is -1.19. The molecule has 0 aromatic carbocycles. The van der Waals surface area contributed by atoms with E-state index in [0.29, 0.717) is 85.9 Å². The second-order valence-electron chi connectivity index (χ2n) is 5.77. The zero-order chi connectivity index (χ0) is 22.1. The van der Waals surface area contributed by atoms with Crippen LogP contribution < -0.4 is 0 Å². The van der Waals surface area contributed by atoms with Gasteiger partial charge in [0.05, 0.1) is 98.9 Å². The number of hydrogen-bond donors (Lipinski definition) is 1. The Labute approximate surface area is 177 Å². The van der Waals surface area contributed by atoms with Crippen molar-refractivity contribution in [3.05, 3.63) is 0 Å². The minimum atomic E-state index is -0.875. The number of ether oxygens (including phenoxy) is 8. The van der Waals surface area contributed by atoms with E-state index in [1.165, 1.54) is 6.92 Å². The first-order chi connectivity index (χ1) is 14.6. The van der Waals surface area contributed by atoms with Crippen molar-refractivity contribution in [2.75, 3.05) is 99.1 Å². The summed E-state index contributed by atoms with van der Waals surface area (Å²) in [5.41, 5.74) is 0. The van der Waals surface area contributed by atoms with Crippen LogP contribution in [0.1, 0.15) is 13.3 Å². The van der Waals surface area contributed by atoms with Crippen LogP contribution in [0.4, 0.5) is 0 Å². The largest absolute Gasteiger partial charge is 0.481 e. The summed E-state index contributed by atoms with van der Waals surface area (Å²) in [6.07, 6.45) is -0.00135. The van der Waals surface area contributed by atoms with Crippen LogP contribution in [0.15, 0.2) is 0 Å². The Morgan fingerprint density at radius 3 is 1.03 bits per heavy atom. The van der Waals surface area contributed by atoms with Gasteiger partial charge in [-0.1, -0.05) is 0 Å². The minimum absolute atomic E-state index is 0.00135. The van der Waals surface area contributed by atoms with Gasteiger partial charge in [-0.05, 0) is 0 Å². The number of aliphatic carboxylic acids is 1. The van der Waals surface area contributed by atoms with Gasteiger partial charge in [-0.2, -0.15) is 0 Å². The van der Waals surface area contributed by atoms with Crippen LogP contribution in [-0.4, -0.2) is 116 Å². The molecule has 0 heterocycles. The van der Waals surface area contributed by atoms with E-state index in [1.807, 2.05) is 0 Å². The van der Waals surface area contributed by atoms with Crippen LogP contribution in [0.5, 0.6) is 0 Å². The lowest BCUT2D eigenvalue weighted by Crippen LogP contribution is -2.15. The SMILES string of the molecule is CC(=O)OCCOCCOCCOCCOCCOCCOCCOCCC(=O)O. The zero-order valence-corrected chi connectivity index (χ0v) is 17.8. The Hall–Kier alpha value is -1.34. The number of rotatable bonds is 24. The topological polar surface area (TPSA) is 128 Å². The van der Waals surface area contributed by atoms with Crippen LogP contribution in [0.2, 0.25) is 0 Å². The van der Waals surface area contributed by atoms with Gasteiger partial charge in [-0.25, -0.2) is 0 Å². The first-order valence-electron chi connectivity index (χ1n) is 10.0. The average molecular weight is 440 g/mol. The zero-order valence-electron chi connectivity index (χ0n) is 17.8. The van der Waals surface area contributed by atoms with Gasteiger partial charge in [0, 0.05) is 6.92 Å². The summed E-state index contributed by atoms with van der Waals surface area (Å²) in [7, 11) is 0. The van der Waals surface area contributed by atoms with Crippen molar-refractivity contribution in [3.8, 4) is 0 Å². The maximum Gasteiger partial charge on any atom is 0.305 e. The maximum absolute atomic E-state index is 10.5. The minimum Gasteiger partial charge on any atom is -0.481 e. The molecule has 0 aliphatic rings. The first-order valence-corrected chi connectivity index (χ1v) is 10.0. The molecule has 11 heteroatoms. The third-order valence-electron chi connectivity index (χ3n) is 3.23. The van der Waals surface area contributed by atoms with Crippen LogP contribution in [0.3, 0.4) is 0 Å². The van der Waals surface area contributed by atoms with Crippen molar-refractivity contribution < 1.29 is 52.6 Å². The van der Waals surface area contributed by atoms with Gasteiger partial charge in [0.2, 0.25) is 0 Å². The molecule has 0 fully saturated rings. The molecule has 0 bridgehead atoms. The number of carboxylic acid groups (broad SMARTS) is 1. The fourth-order valence-corrected chi connectivity index (χ4v) is 1.83. The summed E-state index contributed by atoms with van der Waals surface area (Å²) in [6.45, 7) is 7.59. The molecule has 0 saturated heterocycles. The van der Waals surface area contributed by atoms with Crippen molar-refractivity contribution >= 4 is 11.9 Å². The summed E-state index contributed by atoms with van der Waals surface area (Å²) < 4.78 is 41.7. The fraction of sp³-hybridized carbons (Fsp3) is 0.895.